The Morgan fingerprint density at radius 3 is 1.77 bits per heavy atom. The van der Waals surface area contributed by atoms with Gasteiger partial charge in [-0.2, -0.15) is 0 Å². The van der Waals surface area contributed by atoms with Crippen LogP contribution in [-0.4, -0.2) is 24.5 Å². The highest BCUT2D eigenvalue weighted by molar-refractivity contribution is 6.21. The van der Waals surface area contributed by atoms with Gasteiger partial charge >= 0.3 is 0 Å². The summed E-state index contributed by atoms with van der Waals surface area (Å²) in [4.78, 5) is 16.3. The molecule has 200 valence electrons. The van der Waals surface area contributed by atoms with E-state index in [9.17, 15) is 0 Å². The van der Waals surface area contributed by atoms with E-state index < -0.39 is 0 Å². The first-order valence-electron chi connectivity index (χ1n) is 14.5. The van der Waals surface area contributed by atoms with Gasteiger partial charge in [0.25, 0.3) is 0 Å². The molecule has 10 rings (SSSR count). The summed E-state index contributed by atoms with van der Waals surface area (Å²) in [5, 5.41) is 8.41. The number of hydrogen-bond donors (Lipinski definition) is 2. The van der Waals surface area contributed by atoms with E-state index in [1.54, 1.807) is 6.20 Å². The van der Waals surface area contributed by atoms with Gasteiger partial charge in [0.15, 0.2) is 5.65 Å². The number of fused-ring (bicyclic) bond motifs is 10. The van der Waals surface area contributed by atoms with Crippen molar-refractivity contribution in [1.29, 1.82) is 0 Å². The first-order valence-corrected chi connectivity index (χ1v) is 14.5. The molecule has 5 nitrogen and oxygen atoms in total. The van der Waals surface area contributed by atoms with Gasteiger partial charge in [0, 0.05) is 77.9 Å². The molecule has 10 aromatic rings. The molecule has 5 aromatic carbocycles. The van der Waals surface area contributed by atoms with Crippen LogP contribution in [0.1, 0.15) is 0 Å². The molecular weight excluding hydrogens is 526 g/mol. The van der Waals surface area contributed by atoms with Crippen LogP contribution >= 0.6 is 0 Å². The zero-order valence-corrected chi connectivity index (χ0v) is 23.0. The van der Waals surface area contributed by atoms with E-state index in [2.05, 4.69) is 134 Å². The highest BCUT2D eigenvalue weighted by atomic mass is 15.0. The minimum atomic E-state index is 0.755. The second-order valence-electron chi connectivity index (χ2n) is 11.3. The molecule has 0 aliphatic carbocycles. The third kappa shape index (κ3) is 3.16. The van der Waals surface area contributed by atoms with Gasteiger partial charge in [0.05, 0.1) is 11.0 Å². The summed E-state index contributed by atoms with van der Waals surface area (Å²) in [5.74, 6) is 0. The minimum Gasteiger partial charge on any atom is -0.354 e. The van der Waals surface area contributed by atoms with Crippen LogP contribution in [0.2, 0.25) is 0 Å². The standard InChI is InChI=1S/C38H23N5/c1-3-12-32-25(9-1)28-20-36-30(18-34(28)41-32)31-19-35-29(26-10-2-4-13-33(26)42-35)21-37(31)43(36)23-8-5-7-22(17-23)24-14-16-40-38-27(24)11-6-15-39-38/h1-21,41-42H. The molecule has 0 aliphatic heterocycles. The number of pyridine rings is 2. The Kier molecular flexibility index (Phi) is 4.39. The first-order chi connectivity index (χ1) is 21.3. The summed E-state index contributed by atoms with van der Waals surface area (Å²) in [6.07, 6.45) is 3.64. The fourth-order valence-electron chi connectivity index (χ4n) is 7.03. The molecule has 0 fully saturated rings. The van der Waals surface area contributed by atoms with Crippen LogP contribution in [0.15, 0.2) is 128 Å². The second kappa shape index (κ2) is 8.30. The Bertz CT molecular complexity index is 2610. The van der Waals surface area contributed by atoms with Gasteiger partial charge in [0.2, 0.25) is 0 Å². The second-order valence-corrected chi connectivity index (χ2v) is 11.3. The summed E-state index contributed by atoms with van der Waals surface area (Å²) in [5.41, 5.74) is 11.1. The molecule has 0 spiro atoms. The minimum absolute atomic E-state index is 0.755. The van der Waals surface area contributed by atoms with Crippen molar-refractivity contribution >= 4 is 76.5 Å². The molecule has 0 saturated heterocycles. The number of hydrogen-bond acceptors (Lipinski definition) is 2. The van der Waals surface area contributed by atoms with Crippen molar-refractivity contribution in [2.75, 3.05) is 0 Å². The van der Waals surface area contributed by atoms with E-state index in [-0.39, 0.29) is 0 Å². The van der Waals surface area contributed by atoms with Gasteiger partial charge in [-0.3, -0.25) is 0 Å². The highest BCUT2D eigenvalue weighted by Crippen LogP contribution is 2.40. The van der Waals surface area contributed by atoms with Gasteiger partial charge in [-0.1, -0.05) is 48.5 Å². The number of rotatable bonds is 2. The number of nitrogens with zero attached hydrogens (tertiary/aromatic N) is 3. The van der Waals surface area contributed by atoms with Crippen molar-refractivity contribution in [3.05, 3.63) is 128 Å². The van der Waals surface area contributed by atoms with Crippen LogP contribution in [0.25, 0.3) is 93.3 Å². The van der Waals surface area contributed by atoms with E-state index in [0.29, 0.717) is 0 Å². The zero-order valence-electron chi connectivity index (χ0n) is 23.0. The monoisotopic (exact) mass is 549 g/mol. The third-order valence-electron chi connectivity index (χ3n) is 8.95. The van der Waals surface area contributed by atoms with Crippen molar-refractivity contribution in [2.45, 2.75) is 0 Å². The summed E-state index contributed by atoms with van der Waals surface area (Å²) in [6, 6.07) is 41.4. The lowest BCUT2D eigenvalue weighted by Gasteiger charge is -2.12. The fraction of sp³-hybridized carbons (Fsp3) is 0. The lowest BCUT2D eigenvalue weighted by molar-refractivity contribution is 1.18. The topological polar surface area (TPSA) is 62.3 Å². The number of para-hydroxylation sites is 2. The average Bonchev–Trinajstić information content (AvgIpc) is 3.71. The number of aromatic amines is 2. The molecule has 5 aromatic heterocycles. The summed E-state index contributed by atoms with van der Waals surface area (Å²) >= 11 is 0. The van der Waals surface area contributed by atoms with Crippen LogP contribution < -0.4 is 0 Å². The Balaban J connectivity index is 1.33. The van der Waals surface area contributed by atoms with E-state index in [1.807, 2.05) is 12.3 Å². The molecule has 5 heterocycles. The number of H-pyrrole nitrogens is 2. The summed E-state index contributed by atoms with van der Waals surface area (Å²) < 4.78 is 2.43. The maximum atomic E-state index is 4.50. The van der Waals surface area contributed by atoms with Crippen LogP contribution in [0.5, 0.6) is 0 Å². The largest absolute Gasteiger partial charge is 0.354 e. The van der Waals surface area contributed by atoms with E-state index in [1.165, 1.54) is 43.4 Å². The molecule has 0 unspecified atom stereocenters. The van der Waals surface area contributed by atoms with Crippen molar-refractivity contribution in [2.24, 2.45) is 0 Å². The first kappa shape index (κ1) is 22.7. The van der Waals surface area contributed by atoms with Gasteiger partial charge in [-0.25, -0.2) is 9.97 Å². The summed E-state index contributed by atoms with van der Waals surface area (Å²) in [6.45, 7) is 0. The molecule has 0 amide bonds. The number of aromatic nitrogens is 5. The summed E-state index contributed by atoms with van der Waals surface area (Å²) in [7, 11) is 0. The van der Waals surface area contributed by atoms with Gasteiger partial charge in [0.1, 0.15) is 0 Å². The van der Waals surface area contributed by atoms with Crippen molar-refractivity contribution < 1.29 is 0 Å². The van der Waals surface area contributed by atoms with Crippen LogP contribution in [0, 0.1) is 0 Å². The Hall–Kier alpha value is -5.94. The van der Waals surface area contributed by atoms with E-state index in [4.69, 9.17) is 0 Å². The highest BCUT2D eigenvalue weighted by Gasteiger charge is 2.18. The van der Waals surface area contributed by atoms with Gasteiger partial charge in [-0.15, -0.1) is 0 Å². The maximum absolute atomic E-state index is 4.50. The van der Waals surface area contributed by atoms with E-state index >= 15 is 0 Å². The molecule has 0 saturated carbocycles. The smallest absolute Gasteiger partial charge is 0.159 e. The Labute approximate surface area is 245 Å². The third-order valence-corrected chi connectivity index (χ3v) is 8.95. The van der Waals surface area contributed by atoms with Crippen molar-refractivity contribution in [3.63, 3.8) is 0 Å². The molecule has 5 heteroatoms. The molecule has 0 bridgehead atoms. The van der Waals surface area contributed by atoms with E-state index in [0.717, 1.165) is 49.9 Å². The van der Waals surface area contributed by atoms with Crippen molar-refractivity contribution in [1.82, 2.24) is 24.5 Å². The predicted molar refractivity (Wildman–Crippen MR) is 178 cm³/mol. The SMILES string of the molecule is c1cc(-c2ccnc3ncccc23)cc(-n2c3cc4c(cc3c3cc5[nH]c6ccccc6c5cc32)[nH]c2ccccc24)c1. The average molecular weight is 550 g/mol. The van der Waals surface area contributed by atoms with Crippen LogP contribution in [0.4, 0.5) is 0 Å². The van der Waals surface area contributed by atoms with Gasteiger partial charge in [-0.05, 0) is 77.9 Å². The molecule has 43 heavy (non-hydrogen) atoms. The lowest BCUT2D eigenvalue weighted by atomic mass is 10.0. The Morgan fingerprint density at radius 2 is 1.07 bits per heavy atom. The van der Waals surface area contributed by atoms with Crippen LogP contribution in [-0.2, 0) is 0 Å². The fourth-order valence-corrected chi connectivity index (χ4v) is 7.03. The number of benzene rings is 5. The van der Waals surface area contributed by atoms with Gasteiger partial charge < -0.3 is 14.5 Å². The Morgan fingerprint density at radius 1 is 0.442 bits per heavy atom. The lowest BCUT2D eigenvalue weighted by Crippen LogP contribution is -1.95. The molecule has 2 N–H and O–H groups in total. The normalized spacial score (nSPS) is 12.2. The zero-order chi connectivity index (χ0) is 28.1. The predicted octanol–water partition coefficient (Wildman–Crippen LogP) is 9.66. The molecule has 0 atom stereocenters. The number of nitrogens with one attached hydrogen (secondary N) is 2. The molecule has 0 aliphatic rings. The van der Waals surface area contributed by atoms with Crippen LogP contribution in [0.3, 0.4) is 0 Å². The van der Waals surface area contributed by atoms with Crippen molar-refractivity contribution in [3.8, 4) is 16.8 Å². The molecular formula is C38H23N5. The quantitative estimate of drug-likeness (QED) is 0.225. The maximum Gasteiger partial charge on any atom is 0.159 e. The molecule has 0 radical (unpaired) electrons.